The van der Waals surface area contributed by atoms with Crippen LogP contribution in [0.1, 0.15) is 12.0 Å². The molecule has 1 rings (SSSR count). The molecule has 0 bridgehead atoms. The molecule has 3 nitrogen and oxygen atoms in total. The Morgan fingerprint density at radius 3 is 2.61 bits per heavy atom. The molecule has 0 aliphatic rings. The van der Waals surface area contributed by atoms with Crippen LogP contribution in [-0.4, -0.2) is 38.7 Å². The van der Waals surface area contributed by atoms with E-state index in [1.807, 2.05) is 12.1 Å². The summed E-state index contributed by atoms with van der Waals surface area (Å²) in [5.74, 6) is 3.27. The molecule has 0 heterocycles. The molecule has 0 saturated heterocycles. The first-order valence-electron chi connectivity index (χ1n) is 6.23. The van der Waals surface area contributed by atoms with Crippen molar-refractivity contribution >= 4 is 0 Å². The molecule has 1 N–H and O–H groups in total. The SMILES string of the molecule is C#CCOc1ccc(CNCCCN(C)C)cc1. The molecule has 98 valence electrons. The Morgan fingerprint density at radius 1 is 1.28 bits per heavy atom. The minimum atomic E-state index is 0.322. The summed E-state index contributed by atoms with van der Waals surface area (Å²) in [6.07, 6.45) is 6.30. The van der Waals surface area contributed by atoms with E-state index in [2.05, 4.69) is 42.4 Å². The van der Waals surface area contributed by atoms with E-state index in [1.165, 1.54) is 5.56 Å². The molecular formula is C15H22N2O. The average Bonchev–Trinajstić information content (AvgIpc) is 2.37. The smallest absolute Gasteiger partial charge is 0.148 e. The van der Waals surface area contributed by atoms with Gasteiger partial charge in [-0.3, -0.25) is 0 Å². The van der Waals surface area contributed by atoms with Crippen molar-refractivity contribution in [1.29, 1.82) is 0 Å². The Bertz CT molecular complexity index is 365. The van der Waals surface area contributed by atoms with E-state index in [0.29, 0.717) is 6.61 Å². The van der Waals surface area contributed by atoms with Gasteiger partial charge >= 0.3 is 0 Å². The third-order valence-corrected chi connectivity index (χ3v) is 2.53. The lowest BCUT2D eigenvalue weighted by atomic mass is 10.2. The number of ether oxygens (including phenoxy) is 1. The summed E-state index contributed by atoms with van der Waals surface area (Å²) in [6, 6.07) is 8.03. The summed E-state index contributed by atoms with van der Waals surface area (Å²) in [6.45, 7) is 3.37. The highest BCUT2D eigenvalue weighted by molar-refractivity contribution is 5.27. The predicted molar refractivity (Wildman–Crippen MR) is 75.6 cm³/mol. The number of nitrogens with zero attached hydrogens (tertiary/aromatic N) is 1. The van der Waals surface area contributed by atoms with Crippen molar-refractivity contribution in [3.63, 3.8) is 0 Å². The molecule has 0 fully saturated rings. The van der Waals surface area contributed by atoms with E-state index in [1.54, 1.807) is 0 Å². The molecule has 0 aromatic heterocycles. The van der Waals surface area contributed by atoms with E-state index in [4.69, 9.17) is 11.2 Å². The molecule has 1 aromatic carbocycles. The van der Waals surface area contributed by atoms with Crippen LogP contribution in [0.2, 0.25) is 0 Å². The Kier molecular flexibility index (Phi) is 6.93. The van der Waals surface area contributed by atoms with Crippen molar-refractivity contribution in [3.05, 3.63) is 29.8 Å². The minimum Gasteiger partial charge on any atom is -0.481 e. The molecule has 0 radical (unpaired) electrons. The van der Waals surface area contributed by atoms with Gasteiger partial charge in [0.2, 0.25) is 0 Å². The Hall–Kier alpha value is -1.50. The van der Waals surface area contributed by atoms with Gasteiger partial charge in [-0.2, -0.15) is 0 Å². The maximum Gasteiger partial charge on any atom is 0.148 e. The lowest BCUT2D eigenvalue weighted by molar-refractivity contribution is 0.370. The first-order chi connectivity index (χ1) is 8.72. The van der Waals surface area contributed by atoms with Gasteiger partial charge in [0.25, 0.3) is 0 Å². The summed E-state index contributed by atoms with van der Waals surface area (Å²) in [7, 11) is 4.18. The number of terminal acetylenes is 1. The summed E-state index contributed by atoms with van der Waals surface area (Å²) in [4.78, 5) is 2.19. The maximum absolute atomic E-state index is 5.32. The van der Waals surface area contributed by atoms with Crippen molar-refractivity contribution in [2.75, 3.05) is 33.8 Å². The van der Waals surface area contributed by atoms with Crippen LogP contribution in [-0.2, 0) is 6.54 Å². The van der Waals surface area contributed by atoms with Crippen molar-refractivity contribution in [2.45, 2.75) is 13.0 Å². The summed E-state index contributed by atoms with van der Waals surface area (Å²) in [5.41, 5.74) is 1.26. The van der Waals surface area contributed by atoms with Crippen LogP contribution < -0.4 is 10.1 Å². The molecule has 0 unspecified atom stereocenters. The van der Waals surface area contributed by atoms with Gasteiger partial charge in [-0.25, -0.2) is 0 Å². The fourth-order valence-corrected chi connectivity index (χ4v) is 1.58. The van der Waals surface area contributed by atoms with Crippen molar-refractivity contribution < 1.29 is 4.74 Å². The van der Waals surface area contributed by atoms with Gasteiger partial charge in [0.15, 0.2) is 0 Å². The molecule has 18 heavy (non-hydrogen) atoms. The highest BCUT2D eigenvalue weighted by Gasteiger charge is 1.95. The number of rotatable bonds is 8. The van der Waals surface area contributed by atoms with Crippen LogP contribution in [0.25, 0.3) is 0 Å². The monoisotopic (exact) mass is 246 g/mol. The van der Waals surface area contributed by atoms with Crippen LogP contribution in [0.3, 0.4) is 0 Å². The van der Waals surface area contributed by atoms with Gasteiger partial charge in [0, 0.05) is 6.54 Å². The molecule has 0 saturated carbocycles. The average molecular weight is 246 g/mol. The van der Waals surface area contributed by atoms with Crippen LogP contribution >= 0.6 is 0 Å². The lowest BCUT2D eigenvalue weighted by Crippen LogP contribution is -2.20. The molecule has 1 aromatic rings. The quantitative estimate of drug-likeness (QED) is 0.558. The predicted octanol–water partition coefficient (Wildman–Crippen LogP) is 1.74. The topological polar surface area (TPSA) is 24.5 Å². The normalized spacial score (nSPS) is 10.3. The fraction of sp³-hybridized carbons (Fsp3) is 0.467. The van der Waals surface area contributed by atoms with Crippen LogP contribution in [0.4, 0.5) is 0 Å². The van der Waals surface area contributed by atoms with E-state index in [-0.39, 0.29) is 0 Å². The second kappa shape index (κ2) is 8.57. The highest BCUT2D eigenvalue weighted by atomic mass is 16.5. The van der Waals surface area contributed by atoms with Gasteiger partial charge < -0.3 is 15.0 Å². The molecule has 3 heteroatoms. The fourth-order valence-electron chi connectivity index (χ4n) is 1.58. The lowest BCUT2D eigenvalue weighted by Gasteiger charge is -2.10. The van der Waals surface area contributed by atoms with Gasteiger partial charge in [-0.15, -0.1) is 6.42 Å². The van der Waals surface area contributed by atoms with E-state index >= 15 is 0 Å². The zero-order valence-electron chi connectivity index (χ0n) is 11.3. The Labute approximate surface area is 110 Å². The second-order valence-corrected chi connectivity index (χ2v) is 4.47. The van der Waals surface area contributed by atoms with Gasteiger partial charge in [0.1, 0.15) is 12.4 Å². The van der Waals surface area contributed by atoms with E-state index < -0.39 is 0 Å². The molecule has 0 spiro atoms. The summed E-state index contributed by atoms with van der Waals surface area (Å²) in [5, 5.41) is 3.42. The van der Waals surface area contributed by atoms with Gasteiger partial charge in [0.05, 0.1) is 0 Å². The first kappa shape index (κ1) is 14.6. The Morgan fingerprint density at radius 2 is 2.00 bits per heavy atom. The highest BCUT2D eigenvalue weighted by Crippen LogP contribution is 2.11. The molecule has 0 aliphatic heterocycles. The number of benzene rings is 1. The van der Waals surface area contributed by atoms with E-state index in [9.17, 15) is 0 Å². The van der Waals surface area contributed by atoms with E-state index in [0.717, 1.165) is 31.8 Å². The minimum absolute atomic E-state index is 0.322. The zero-order chi connectivity index (χ0) is 13.2. The third-order valence-electron chi connectivity index (χ3n) is 2.53. The molecule has 0 atom stereocenters. The standard InChI is InChI=1S/C15H22N2O/c1-4-12-18-15-8-6-14(7-9-15)13-16-10-5-11-17(2)3/h1,6-9,16H,5,10-13H2,2-3H3. The summed E-state index contributed by atoms with van der Waals surface area (Å²) >= 11 is 0. The second-order valence-electron chi connectivity index (χ2n) is 4.47. The number of hydrogen-bond acceptors (Lipinski definition) is 3. The van der Waals surface area contributed by atoms with Crippen molar-refractivity contribution in [3.8, 4) is 18.1 Å². The van der Waals surface area contributed by atoms with Crippen LogP contribution in [0.15, 0.2) is 24.3 Å². The van der Waals surface area contributed by atoms with Crippen LogP contribution in [0.5, 0.6) is 5.75 Å². The zero-order valence-corrected chi connectivity index (χ0v) is 11.3. The third kappa shape index (κ3) is 6.29. The summed E-state index contributed by atoms with van der Waals surface area (Å²) < 4.78 is 5.32. The first-order valence-corrected chi connectivity index (χ1v) is 6.23. The molecule has 0 aliphatic carbocycles. The van der Waals surface area contributed by atoms with Gasteiger partial charge in [-0.05, 0) is 51.3 Å². The largest absolute Gasteiger partial charge is 0.481 e. The van der Waals surface area contributed by atoms with Gasteiger partial charge in [-0.1, -0.05) is 18.1 Å². The maximum atomic E-state index is 5.32. The Balaban J connectivity index is 2.21. The van der Waals surface area contributed by atoms with Crippen molar-refractivity contribution in [2.24, 2.45) is 0 Å². The molecular weight excluding hydrogens is 224 g/mol. The number of nitrogens with one attached hydrogen (secondary N) is 1. The van der Waals surface area contributed by atoms with Crippen molar-refractivity contribution in [1.82, 2.24) is 10.2 Å². The van der Waals surface area contributed by atoms with Crippen LogP contribution in [0, 0.1) is 12.3 Å². The number of hydrogen-bond donors (Lipinski definition) is 1. The molecule has 0 amide bonds.